The van der Waals surface area contributed by atoms with Crippen LogP contribution in [0.4, 0.5) is 4.79 Å². The molecule has 0 saturated heterocycles. The standard InChI is InChI=1S/C14H19N3O4/c1-21-12-5-2-10(8-15-12)9-16-14(20)17(11-3-4-11)7-6-13(18)19/h2,5,8,11H,3-4,6-7,9H2,1H3,(H,16,20)(H,18,19). The number of carbonyl (C=O) groups excluding carboxylic acids is 1. The zero-order valence-corrected chi connectivity index (χ0v) is 11.9. The Morgan fingerprint density at radius 1 is 1.48 bits per heavy atom. The average Bonchev–Trinajstić information content (AvgIpc) is 3.30. The van der Waals surface area contributed by atoms with E-state index < -0.39 is 5.97 Å². The molecule has 2 amide bonds. The van der Waals surface area contributed by atoms with Crippen molar-refractivity contribution in [1.82, 2.24) is 15.2 Å². The van der Waals surface area contributed by atoms with Crippen molar-refractivity contribution in [3.8, 4) is 5.88 Å². The van der Waals surface area contributed by atoms with Crippen LogP contribution in [0, 0.1) is 0 Å². The highest BCUT2D eigenvalue weighted by molar-refractivity contribution is 5.76. The summed E-state index contributed by atoms with van der Waals surface area (Å²) in [4.78, 5) is 28.4. The van der Waals surface area contributed by atoms with Crippen LogP contribution in [-0.2, 0) is 11.3 Å². The smallest absolute Gasteiger partial charge is 0.317 e. The molecule has 7 nitrogen and oxygen atoms in total. The van der Waals surface area contributed by atoms with Crippen LogP contribution in [0.15, 0.2) is 18.3 Å². The fourth-order valence-electron chi connectivity index (χ4n) is 1.97. The number of hydrogen-bond donors (Lipinski definition) is 2. The predicted octanol–water partition coefficient (Wildman–Crippen LogP) is 1.24. The summed E-state index contributed by atoms with van der Waals surface area (Å²) in [6.45, 7) is 0.596. The summed E-state index contributed by atoms with van der Waals surface area (Å²) in [6.07, 6.45) is 3.49. The number of pyridine rings is 1. The minimum absolute atomic E-state index is 0.0337. The monoisotopic (exact) mass is 293 g/mol. The van der Waals surface area contributed by atoms with Crippen molar-refractivity contribution in [3.05, 3.63) is 23.9 Å². The second kappa shape index (κ2) is 6.92. The SMILES string of the molecule is COc1ccc(CNC(=O)N(CCC(=O)O)C2CC2)cn1. The fraction of sp³-hybridized carbons (Fsp3) is 0.500. The first kappa shape index (κ1) is 15.1. The van der Waals surface area contributed by atoms with E-state index in [0.29, 0.717) is 12.4 Å². The van der Waals surface area contributed by atoms with Gasteiger partial charge in [0.1, 0.15) is 0 Å². The third-order valence-electron chi connectivity index (χ3n) is 3.27. The van der Waals surface area contributed by atoms with Gasteiger partial charge < -0.3 is 20.1 Å². The second-order valence-electron chi connectivity index (χ2n) is 4.94. The molecular formula is C14H19N3O4. The lowest BCUT2D eigenvalue weighted by Crippen LogP contribution is -2.42. The maximum absolute atomic E-state index is 12.1. The highest BCUT2D eigenvalue weighted by atomic mass is 16.5. The van der Waals surface area contributed by atoms with E-state index in [1.54, 1.807) is 24.3 Å². The van der Waals surface area contributed by atoms with Gasteiger partial charge in [0.25, 0.3) is 0 Å². The Morgan fingerprint density at radius 3 is 2.76 bits per heavy atom. The van der Waals surface area contributed by atoms with Gasteiger partial charge in [-0.25, -0.2) is 9.78 Å². The summed E-state index contributed by atoms with van der Waals surface area (Å²) in [6, 6.07) is 3.50. The van der Waals surface area contributed by atoms with Crippen molar-refractivity contribution in [2.45, 2.75) is 31.8 Å². The number of rotatable bonds is 7. The number of aromatic nitrogens is 1. The highest BCUT2D eigenvalue weighted by Crippen LogP contribution is 2.27. The van der Waals surface area contributed by atoms with Gasteiger partial charge in [0.15, 0.2) is 0 Å². The lowest BCUT2D eigenvalue weighted by molar-refractivity contribution is -0.137. The van der Waals surface area contributed by atoms with E-state index in [1.807, 2.05) is 6.07 Å². The molecular weight excluding hydrogens is 274 g/mol. The molecule has 114 valence electrons. The molecule has 21 heavy (non-hydrogen) atoms. The molecule has 1 heterocycles. The fourth-order valence-corrected chi connectivity index (χ4v) is 1.97. The number of carboxylic acids is 1. The van der Waals surface area contributed by atoms with Crippen LogP contribution >= 0.6 is 0 Å². The first-order valence-electron chi connectivity index (χ1n) is 6.85. The van der Waals surface area contributed by atoms with Gasteiger partial charge in [-0.05, 0) is 18.4 Å². The van der Waals surface area contributed by atoms with Gasteiger partial charge in [0.2, 0.25) is 5.88 Å². The topological polar surface area (TPSA) is 91.8 Å². The van der Waals surface area contributed by atoms with Crippen LogP contribution in [0.3, 0.4) is 0 Å². The van der Waals surface area contributed by atoms with Crippen LogP contribution in [0.5, 0.6) is 5.88 Å². The molecule has 1 aliphatic carbocycles. The number of amides is 2. The van der Waals surface area contributed by atoms with Crippen molar-refractivity contribution in [2.75, 3.05) is 13.7 Å². The Bertz CT molecular complexity index is 499. The number of carbonyl (C=O) groups is 2. The molecule has 0 atom stereocenters. The largest absolute Gasteiger partial charge is 0.481 e. The third-order valence-corrected chi connectivity index (χ3v) is 3.27. The van der Waals surface area contributed by atoms with Gasteiger partial charge in [0, 0.05) is 31.4 Å². The highest BCUT2D eigenvalue weighted by Gasteiger charge is 2.32. The van der Waals surface area contributed by atoms with Crippen molar-refractivity contribution >= 4 is 12.0 Å². The van der Waals surface area contributed by atoms with E-state index in [-0.39, 0.29) is 25.0 Å². The zero-order chi connectivity index (χ0) is 15.2. The molecule has 1 aliphatic rings. The van der Waals surface area contributed by atoms with E-state index in [2.05, 4.69) is 10.3 Å². The first-order valence-corrected chi connectivity index (χ1v) is 6.85. The summed E-state index contributed by atoms with van der Waals surface area (Å²) in [5, 5.41) is 11.5. The van der Waals surface area contributed by atoms with Crippen molar-refractivity contribution in [2.24, 2.45) is 0 Å². The van der Waals surface area contributed by atoms with Crippen LogP contribution in [0.1, 0.15) is 24.8 Å². The molecule has 0 spiro atoms. The van der Waals surface area contributed by atoms with E-state index in [1.165, 1.54) is 0 Å². The predicted molar refractivity (Wildman–Crippen MR) is 75.0 cm³/mol. The molecule has 0 aromatic carbocycles. The average molecular weight is 293 g/mol. The molecule has 1 aromatic heterocycles. The molecule has 2 rings (SSSR count). The summed E-state index contributed by atoms with van der Waals surface area (Å²) < 4.78 is 4.96. The van der Waals surface area contributed by atoms with Gasteiger partial charge in [-0.3, -0.25) is 4.79 Å². The number of carboxylic acid groups (broad SMARTS) is 1. The summed E-state index contributed by atoms with van der Waals surface area (Å²) >= 11 is 0. The minimum atomic E-state index is -0.896. The summed E-state index contributed by atoms with van der Waals surface area (Å²) in [5.41, 5.74) is 0.859. The van der Waals surface area contributed by atoms with E-state index in [9.17, 15) is 9.59 Å². The number of nitrogens with one attached hydrogen (secondary N) is 1. The van der Waals surface area contributed by atoms with Crippen LogP contribution in [-0.4, -0.2) is 46.7 Å². The lowest BCUT2D eigenvalue weighted by atomic mass is 10.3. The minimum Gasteiger partial charge on any atom is -0.481 e. The number of aliphatic carboxylic acids is 1. The molecule has 1 saturated carbocycles. The molecule has 0 radical (unpaired) electrons. The van der Waals surface area contributed by atoms with Gasteiger partial charge in [-0.15, -0.1) is 0 Å². The molecule has 0 aliphatic heterocycles. The lowest BCUT2D eigenvalue weighted by Gasteiger charge is -2.22. The Morgan fingerprint density at radius 2 is 2.24 bits per heavy atom. The zero-order valence-electron chi connectivity index (χ0n) is 11.9. The van der Waals surface area contributed by atoms with E-state index >= 15 is 0 Å². The quantitative estimate of drug-likeness (QED) is 0.789. The first-order chi connectivity index (χ1) is 10.1. The van der Waals surface area contributed by atoms with Crippen molar-refractivity contribution in [1.29, 1.82) is 0 Å². The van der Waals surface area contributed by atoms with Gasteiger partial charge in [-0.1, -0.05) is 6.07 Å². The van der Waals surface area contributed by atoms with Crippen LogP contribution < -0.4 is 10.1 Å². The molecule has 0 bridgehead atoms. The summed E-state index contributed by atoms with van der Waals surface area (Å²) in [7, 11) is 1.54. The number of methoxy groups -OCH3 is 1. The van der Waals surface area contributed by atoms with Crippen molar-refractivity contribution < 1.29 is 19.4 Å². The molecule has 1 fully saturated rings. The van der Waals surface area contributed by atoms with Crippen LogP contribution in [0.2, 0.25) is 0 Å². The van der Waals surface area contributed by atoms with E-state index in [0.717, 1.165) is 18.4 Å². The Hall–Kier alpha value is -2.31. The molecule has 7 heteroatoms. The maximum Gasteiger partial charge on any atom is 0.317 e. The molecule has 2 N–H and O–H groups in total. The molecule has 1 aromatic rings. The normalized spacial score (nSPS) is 13.6. The van der Waals surface area contributed by atoms with E-state index in [4.69, 9.17) is 9.84 Å². The number of ether oxygens (including phenoxy) is 1. The van der Waals surface area contributed by atoms with Gasteiger partial charge in [0.05, 0.1) is 13.5 Å². The maximum atomic E-state index is 12.1. The van der Waals surface area contributed by atoms with Gasteiger partial charge in [-0.2, -0.15) is 0 Å². The van der Waals surface area contributed by atoms with Crippen LogP contribution in [0.25, 0.3) is 0 Å². The summed E-state index contributed by atoms with van der Waals surface area (Å²) in [5.74, 6) is -0.376. The molecule has 0 unspecified atom stereocenters. The second-order valence-corrected chi connectivity index (χ2v) is 4.94. The Balaban J connectivity index is 1.84. The van der Waals surface area contributed by atoms with Gasteiger partial charge >= 0.3 is 12.0 Å². The Kier molecular flexibility index (Phi) is 4.97. The number of hydrogen-bond acceptors (Lipinski definition) is 4. The Labute approximate surface area is 122 Å². The van der Waals surface area contributed by atoms with Crippen molar-refractivity contribution in [3.63, 3.8) is 0 Å². The third kappa shape index (κ3) is 4.62. The number of nitrogens with zero attached hydrogens (tertiary/aromatic N) is 2. The number of urea groups is 1.